The predicted octanol–water partition coefficient (Wildman–Crippen LogP) is 2.25. The lowest BCUT2D eigenvalue weighted by atomic mass is 9.72. The van der Waals surface area contributed by atoms with Gasteiger partial charge in [0.1, 0.15) is 0 Å². The molecule has 0 aliphatic heterocycles. The van der Waals surface area contributed by atoms with Crippen molar-refractivity contribution in [2.45, 2.75) is 19.3 Å². The van der Waals surface area contributed by atoms with Crippen molar-refractivity contribution in [3.8, 4) is 0 Å². The molecule has 1 saturated carbocycles. The number of aliphatic hydroxyl groups excluding tert-OH is 1. The zero-order valence-corrected chi connectivity index (χ0v) is 7.82. The van der Waals surface area contributed by atoms with Crippen LogP contribution in [-0.4, -0.2) is 11.7 Å². The number of benzene rings is 1. The Hall–Kier alpha value is -0.820. The fourth-order valence-corrected chi connectivity index (χ4v) is 2.14. The molecule has 0 spiro atoms. The summed E-state index contributed by atoms with van der Waals surface area (Å²) < 4.78 is 0. The Morgan fingerprint density at radius 3 is 2.38 bits per heavy atom. The SMILES string of the molecule is OCC1CC(Cc2ccccc2)C1. The van der Waals surface area contributed by atoms with Crippen LogP contribution < -0.4 is 0 Å². The van der Waals surface area contributed by atoms with Crippen LogP contribution >= 0.6 is 0 Å². The van der Waals surface area contributed by atoms with Gasteiger partial charge >= 0.3 is 0 Å². The molecule has 13 heavy (non-hydrogen) atoms. The lowest BCUT2D eigenvalue weighted by Gasteiger charge is -2.34. The first-order chi connectivity index (χ1) is 6.38. The van der Waals surface area contributed by atoms with E-state index < -0.39 is 0 Å². The van der Waals surface area contributed by atoms with Crippen LogP contribution in [0.5, 0.6) is 0 Å². The summed E-state index contributed by atoms with van der Waals surface area (Å²) >= 11 is 0. The van der Waals surface area contributed by atoms with E-state index in [0.717, 1.165) is 5.92 Å². The molecule has 0 bridgehead atoms. The molecule has 1 aromatic carbocycles. The maximum absolute atomic E-state index is 8.87. The van der Waals surface area contributed by atoms with Gasteiger partial charge in [-0.25, -0.2) is 0 Å². The molecule has 1 N–H and O–H groups in total. The lowest BCUT2D eigenvalue weighted by Crippen LogP contribution is -2.27. The first-order valence-electron chi connectivity index (χ1n) is 5.03. The molecule has 1 aliphatic carbocycles. The van der Waals surface area contributed by atoms with Crippen LogP contribution in [-0.2, 0) is 6.42 Å². The molecule has 1 aliphatic rings. The third-order valence-electron chi connectivity index (χ3n) is 2.96. The van der Waals surface area contributed by atoms with Gasteiger partial charge < -0.3 is 5.11 Å². The summed E-state index contributed by atoms with van der Waals surface area (Å²) in [4.78, 5) is 0. The second-order valence-electron chi connectivity index (χ2n) is 4.08. The van der Waals surface area contributed by atoms with E-state index in [4.69, 9.17) is 5.11 Å². The van der Waals surface area contributed by atoms with E-state index in [2.05, 4.69) is 30.3 Å². The molecule has 1 heteroatoms. The van der Waals surface area contributed by atoms with Crippen molar-refractivity contribution in [1.82, 2.24) is 0 Å². The number of rotatable bonds is 3. The minimum Gasteiger partial charge on any atom is -0.396 e. The molecular formula is C12H16O. The molecule has 0 aromatic heterocycles. The highest BCUT2D eigenvalue weighted by atomic mass is 16.3. The van der Waals surface area contributed by atoms with E-state index in [-0.39, 0.29) is 0 Å². The normalized spacial score (nSPS) is 26.8. The maximum Gasteiger partial charge on any atom is 0.0459 e. The van der Waals surface area contributed by atoms with Gasteiger partial charge in [-0.1, -0.05) is 30.3 Å². The number of hydrogen-bond donors (Lipinski definition) is 1. The highest BCUT2D eigenvalue weighted by molar-refractivity contribution is 5.15. The molecule has 1 nitrogen and oxygen atoms in total. The summed E-state index contributed by atoms with van der Waals surface area (Å²) in [6.07, 6.45) is 3.62. The Bertz CT molecular complexity index is 249. The van der Waals surface area contributed by atoms with Gasteiger partial charge in [0.15, 0.2) is 0 Å². The molecule has 70 valence electrons. The maximum atomic E-state index is 8.87. The Labute approximate surface area is 79.4 Å². The molecule has 2 rings (SSSR count). The highest BCUT2D eigenvalue weighted by Gasteiger charge is 2.27. The predicted molar refractivity (Wildman–Crippen MR) is 53.4 cm³/mol. The van der Waals surface area contributed by atoms with Gasteiger partial charge in [-0.05, 0) is 36.7 Å². The first-order valence-corrected chi connectivity index (χ1v) is 5.03. The van der Waals surface area contributed by atoms with Gasteiger partial charge in [0, 0.05) is 6.61 Å². The molecular weight excluding hydrogens is 160 g/mol. The average molecular weight is 176 g/mol. The second-order valence-corrected chi connectivity index (χ2v) is 4.08. The molecule has 1 aromatic rings. The Morgan fingerprint density at radius 1 is 1.08 bits per heavy atom. The van der Waals surface area contributed by atoms with Crippen LogP contribution in [0.4, 0.5) is 0 Å². The van der Waals surface area contributed by atoms with Crippen molar-refractivity contribution in [2.75, 3.05) is 6.61 Å². The second kappa shape index (κ2) is 3.93. The van der Waals surface area contributed by atoms with Gasteiger partial charge in [-0.2, -0.15) is 0 Å². The smallest absolute Gasteiger partial charge is 0.0459 e. The zero-order chi connectivity index (χ0) is 9.10. The summed E-state index contributed by atoms with van der Waals surface area (Å²) in [7, 11) is 0. The summed E-state index contributed by atoms with van der Waals surface area (Å²) in [5.74, 6) is 1.41. The first kappa shape index (κ1) is 8.76. The Balaban J connectivity index is 1.81. The van der Waals surface area contributed by atoms with Gasteiger partial charge in [0.05, 0.1) is 0 Å². The third kappa shape index (κ3) is 2.10. The van der Waals surface area contributed by atoms with Crippen LogP contribution in [0.25, 0.3) is 0 Å². The van der Waals surface area contributed by atoms with Crippen molar-refractivity contribution in [2.24, 2.45) is 11.8 Å². The van der Waals surface area contributed by atoms with Crippen LogP contribution in [0.3, 0.4) is 0 Å². The van der Waals surface area contributed by atoms with E-state index in [0.29, 0.717) is 12.5 Å². The van der Waals surface area contributed by atoms with E-state index in [9.17, 15) is 0 Å². The number of hydrogen-bond acceptors (Lipinski definition) is 1. The Kier molecular flexibility index (Phi) is 2.65. The quantitative estimate of drug-likeness (QED) is 0.749. The summed E-state index contributed by atoms with van der Waals surface area (Å²) in [6.45, 7) is 0.380. The van der Waals surface area contributed by atoms with Crippen molar-refractivity contribution in [1.29, 1.82) is 0 Å². The molecule has 0 atom stereocenters. The van der Waals surface area contributed by atoms with Crippen LogP contribution in [0.15, 0.2) is 30.3 Å². The van der Waals surface area contributed by atoms with Crippen LogP contribution in [0, 0.1) is 11.8 Å². The molecule has 0 unspecified atom stereocenters. The van der Waals surface area contributed by atoms with Crippen molar-refractivity contribution in [3.63, 3.8) is 0 Å². The fourth-order valence-electron chi connectivity index (χ4n) is 2.14. The monoisotopic (exact) mass is 176 g/mol. The van der Waals surface area contributed by atoms with Gasteiger partial charge in [0.25, 0.3) is 0 Å². The fraction of sp³-hybridized carbons (Fsp3) is 0.500. The minimum atomic E-state index is 0.380. The van der Waals surface area contributed by atoms with E-state index in [1.807, 2.05) is 0 Å². The third-order valence-corrected chi connectivity index (χ3v) is 2.96. The van der Waals surface area contributed by atoms with Crippen molar-refractivity contribution < 1.29 is 5.11 Å². The molecule has 0 saturated heterocycles. The van der Waals surface area contributed by atoms with Crippen LogP contribution in [0.1, 0.15) is 18.4 Å². The molecule has 1 fully saturated rings. The number of aliphatic hydroxyl groups is 1. The van der Waals surface area contributed by atoms with Crippen LogP contribution in [0.2, 0.25) is 0 Å². The topological polar surface area (TPSA) is 20.2 Å². The Morgan fingerprint density at radius 2 is 1.77 bits per heavy atom. The average Bonchev–Trinajstić information content (AvgIpc) is 2.12. The highest BCUT2D eigenvalue weighted by Crippen LogP contribution is 2.35. The summed E-state index contributed by atoms with van der Waals surface area (Å²) in [5, 5.41) is 8.87. The van der Waals surface area contributed by atoms with E-state index in [1.54, 1.807) is 0 Å². The molecule has 0 heterocycles. The standard InChI is InChI=1S/C12H16O/c13-9-12-7-11(8-12)6-10-4-2-1-3-5-10/h1-5,11-13H,6-9H2. The molecule has 0 radical (unpaired) electrons. The van der Waals surface area contributed by atoms with E-state index >= 15 is 0 Å². The van der Waals surface area contributed by atoms with E-state index in [1.165, 1.54) is 24.8 Å². The zero-order valence-electron chi connectivity index (χ0n) is 7.82. The van der Waals surface area contributed by atoms with Gasteiger partial charge in [-0.15, -0.1) is 0 Å². The summed E-state index contributed by atoms with van der Waals surface area (Å²) in [5.41, 5.74) is 1.43. The largest absolute Gasteiger partial charge is 0.396 e. The van der Waals surface area contributed by atoms with Gasteiger partial charge in [0.2, 0.25) is 0 Å². The molecule has 0 amide bonds. The summed E-state index contributed by atoms with van der Waals surface area (Å²) in [6, 6.07) is 10.6. The minimum absolute atomic E-state index is 0.380. The van der Waals surface area contributed by atoms with Crippen molar-refractivity contribution in [3.05, 3.63) is 35.9 Å². The van der Waals surface area contributed by atoms with Gasteiger partial charge in [-0.3, -0.25) is 0 Å². The van der Waals surface area contributed by atoms with Crippen molar-refractivity contribution >= 4 is 0 Å². The lowest BCUT2D eigenvalue weighted by molar-refractivity contribution is 0.107.